The summed E-state index contributed by atoms with van der Waals surface area (Å²) < 4.78 is 43.7. The molecule has 0 radical (unpaired) electrons. The number of carbonyl (C=O) groups is 1. The number of nitrogens with zero attached hydrogens (tertiary/aromatic N) is 1. The Labute approximate surface area is 190 Å². The van der Waals surface area contributed by atoms with Crippen LogP contribution in [0.25, 0.3) is 6.08 Å². The molecule has 1 N–H and O–H groups in total. The van der Waals surface area contributed by atoms with E-state index in [4.69, 9.17) is 4.74 Å². The minimum absolute atomic E-state index is 0.0465. The number of ether oxygens (including phenoxy) is 1. The largest absolute Gasteiger partial charge is 0.439 e. The number of nitrogens with one attached hydrogen (secondary N) is 1. The molecule has 1 amide bonds. The Morgan fingerprint density at radius 3 is 2.42 bits per heavy atom. The van der Waals surface area contributed by atoms with Crippen LogP contribution in [0.15, 0.2) is 78.5 Å². The van der Waals surface area contributed by atoms with Gasteiger partial charge in [-0.05, 0) is 61.6 Å². The molecule has 0 unspecified atom stereocenters. The first-order chi connectivity index (χ1) is 15.9. The Bertz CT molecular complexity index is 1120. The van der Waals surface area contributed by atoms with Crippen molar-refractivity contribution in [3.8, 4) is 11.6 Å². The standard InChI is InChI=1S/C26H23F3N2O2/c27-26(28,29)21-11-14-24(30-17-21)33-23-8-4-5-19(16-23)15-18-9-12-22(13-10-18)31-25(32)20-6-2-1-3-7-20/h1-8,11,14-17,22H,9-10,12-13H2,(H,31,32). The Morgan fingerprint density at radius 1 is 1.00 bits per heavy atom. The number of alkyl halides is 3. The van der Waals surface area contributed by atoms with E-state index in [0.29, 0.717) is 11.3 Å². The van der Waals surface area contributed by atoms with Crippen molar-refractivity contribution < 1.29 is 22.7 Å². The van der Waals surface area contributed by atoms with Crippen molar-refractivity contribution in [2.75, 3.05) is 0 Å². The number of aromatic nitrogens is 1. The van der Waals surface area contributed by atoms with Gasteiger partial charge >= 0.3 is 6.18 Å². The molecule has 4 nitrogen and oxygen atoms in total. The van der Waals surface area contributed by atoms with Gasteiger partial charge in [-0.2, -0.15) is 13.2 Å². The molecule has 1 aliphatic carbocycles. The number of benzene rings is 2. The topological polar surface area (TPSA) is 51.2 Å². The van der Waals surface area contributed by atoms with E-state index in [1.165, 1.54) is 11.6 Å². The summed E-state index contributed by atoms with van der Waals surface area (Å²) >= 11 is 0. The molecule has 1 saturated carbocycles. The number of hydrogen-bond donors (Lipinski definition) is 1. The molecule has 2 aromatic carbocycles. The van der Waals surface area contributed by atoms with Gasteiger partial charge < -0.3 is 10.1 Å². The number of rotatable bonds is 5. The summed E-state index contributed by atoms with van der Waals surface area (Å²) in [6.45, 7) is 0. The lowest BCUT2D eigenvalue weighted by Crippen LogP contribution is -2.36. The number of allylic oxidation sites excluding steroid dienone is 1. The van der Waals surface area contributed by atoms with Crippen LogP contribution in [0.4, 0.5) is 13.2 Å². The molecule has 7 heteroatoms. The average molecular weight is 452 g/mol. The molecular formula is C26H23F3N2O2. The summed E-state index contributed by atoms with van der Waals surface area (Å²) in [6.07, 6.45) is 1.93. The van der Waals surface area contributed by atoms with Gasteiger partial charge in [-0.25, -0.2) is 4.98 Å². The van der Waals surface area contributed by atoms with Gasteiger partial charge in [0.15, 0.2) is 0 Å². The summed E-state index contributed by atoms with van der Waals surface area (Å²) in [7, 11) is 0. The number of hydrogen-bond acceptors (Lipinski definition) is 3. The summed E-state index contributed by atoms with van der Waals surface area (Å²) in [5.41, 5.74) is 2.08. The van der Waals surface area contributed by atoms with Gasteiger partial charge in [-0.3, -0.25) is 4.79 Å². The van der Waals surface area contributed by atoms with Crippen LogP contribution in [0, 0.1) is 0 Å². The molecule has 0 bridgehead atoms. The predicted molar refractivity (Wildman–Crippen MR) is 120 cm³/mol. The molecule has 0 atom stereocenters. The van der Waals surface area contributed by atoms with E-state index in [-0.39, 0.29) is 17.8 Å². The number of pyridine rings is 1. The fraction of sp³-hybridized carbons (Fsp3) is 0.231. The lowest BCUT2D eigenvalue weighted by atomic mass is 9.89. The Kier molecular flexibility index (Phi) is 6.77. The summed E-state index contributed by atoms with van der Waals surface area (Å²) in [6, 6.07) is 18.8. The zero-order chi connectivity index (χ0) is 23.3. The second kappa shape index (κ2) is 9.90. The van der Waals surface area contributed by atoms with Gasteiger partial charge in [-0.1, -0.05) is 42.0 Å². The predicted octanol–water partition coefficient (Wildman–Crippen LogP) is 6.65. The third-order valence-electron chi connectivity index (χ3n) is 5.51. The molecule has 4 rings (SSSR count). The smallest absolute Gasteiger partial charge is 0.417 e. The highest BCUT2D eigenvalue weighted by Crippen LogP contribution is 2.31. The van der Waals surface area contributed by atoms with E-state index in [2.05, 4.69) is 16.4 Å². The average Bonchev–Trinajstić information content (AvgIpc) is 2.81. The summed E-state index contributed by atoms with van der Waals surface area (Å²) in [4.78, 5) is 16.1. The lowest BCUT2D eigenvalue weighted by molar-refractivity contribution is -0.137. The molecule has 1 heterocycles. The second-order valence-electron chi connectivity index (χ2n) is 7.97. The van der Waals surface area contributed by atoms with Crippen molar-refractivity contribution in [1.29, 1.82) is 0 Å². The number of halogens is 3. The highest BCUT2D eigenvalue weighted by atomic mass is 19.4. The lowest BCUT2D eigenvalue weighted by Gasteiger charge is -2.25. The van der Waals surface area contributed by atoms with Crippen LogP contribution in [-0.4, -0.2) is 16.9 Å². The number of amides is 1. The Balaban J connectivity index is 1.34. The molecule has 3 aromatic rings. The molecule has 1 aliphatic rings. The molecule has 0 aliphatic heterocycles. The molecule has 1 aromatic heterocycles. The molecular weight excluding hydrogens is 429 g/mol. The van der Waals surface area contributed by atoms with Gasteiger partial charge in [0, 0.05) is 23.9 Å². The van der Waals surface area contributed by atoms with Gasteiger partial charge in [0.2, 0.25) is 5.88 Å². The highest BCUT2D eigenvalue weighted by Gasteiger charge is 2.30. The third-order valence-corrected chi connectivity index (χ3v) is 5.51. The Morgan fingerprint density at radius 2 is 1.76 bits per heavy atom. The normalized spacial score (nSPS) is 16.2. The van der Waals surface area contributed by atoms with Gasteiger partial charge in [-0.15, -0.1) is 0 Å². The van der Waals surface area contributed by atoms with E-state index in [9.17, 15) is 18.0 Å². The Hall–Kier alpha value is -3.61. The van der Waals surface area contributed by atoms with E-state index in [0.717, 1.165) is 43.5 Å². The highest BCUT2D eigenvalue weighted by molar-refractivity contribution is 5.94. The second-order valence-corrected chi connectivity index (χ2v) is 7.97. The molecule has 0 saturated heterocycles. The monoisotopic (exact) mass is 452 g/mol. The van der Waals surface area contributed by atoms with Crippen LogP contribution in [-0.2, 0) is 6.18 Å². The van der Waals surface area contributed by atoms with Crippen LogP contribution in [0.3, 0.4) is 0 Å². The van der Waals surface area contributed by atoms with Crippen molar-refractivity contribution >= 4 is 12.0 Å². The first-order valence-corrected chi connectivity index (χ1v) is 10.7. The maximum absolute atomic E-state index is 12.7. The van der Waals surface area contributed by atoms with E-state index in [1.54, 1.807) is 18.2 Å². The maximum atomic E-state index is 12.7. The SMILES string of the molecule is O=C(NC1CCC(=Cc2cccc(Oc3ccc(C(F)(F)F)cn3)c2)CC1)c1ccccc1. The van der Waals surface area contributed by atoms with Crippen LogP contribution in [0.5, 0.6) is 11.6 Å². The third kappa shape index (κ3) is 6.22. The van der Waals surface area contributed by atoms with Crippen molar-refractivity contribution in [3.63, 3.8) is 0 Å². The first-order valence-electron chi connectivity index (χ1n) is 10.7. The molecule has 0 spiro atoms. The fourth-order valence-electron chi connectivity index (χ4n) is 3.77. The number of carbonyl (C=O) groups excluding carboxylic acids is 1. The minimum atomic E-state index is -4.43. The summed E-state index contributed by atoms with van der Waals surface area (Å²) in [5, 5.41) is 3.11. The quantitative estimate of drug-likeness (QED) is 0.472. The molecule has 33 heavy (non-hydrogen) atoms. The molecule has 1 fully saturated rings. The van der Waals surface area contributed by atoms with Crippen LogP contribution in [0.2, 0.25) is 0 Å². The van der Waals surface area contributed by atoms with Crippen LogP contribution < -0.4 is 10.1 Å². The van der Waals surface area contributed by atoms with Gasteiger partial charge in [0.05, 0.1) is 5.56 Å². The zero-order valence-corrected chi connectivity index (χ0v) is 17.8. The van der Waals surface area contributed by atoms with E-state index < -0.39 is 11.7 Å². The minimum Gasteiger partial charge on any atom is -0.439 e. The van der Waals surface area contributed by atoms with Gasteiger partial charge in [0.1, 0.15) is 5.75 Å². The van der Waals surface area contributed by atoms with Crippen LogP contribution in [0.1, 0.15) is 47.2 Å². The van der Waals surface area contributed by atoms with Crippen molar-refractivity contribution in [2.24, 2.45) is 0 Å². The first kappa shape index (κ1) is 22.6. The van der Waals surface area contributed by atoms with Crippen molar-refractivity contribution in [2.45, 2.75) is 37.9 Å². The maximum Gasteiger partial charge on any atom is 0.417 e. The van der Waals surface area contributed by atoms with E-state index in [1.807, 2.05) is 36.4 Å². The molecule has 170 valence electrons. The van der Waals surface area contributed by atoms with Crippen molar-refractivity contribution in [3.05, 3.63) is 95.2 Å². The summed E-state index contributed by atoms with van der Waals surface area (Å²) in [5.74, 6) is 0.553. The van der Waals surface area contributed by atoms with Gasteiger partial charge in [0.25, 0.3) is 5.91 Å². The fourth-order valence-corrected chi connectivity index (χ4v) is 3.77. The zero-order valence-electron chi connectivity index (χ0n) is 17.8. The van der Waals surface area contributed by atoms with E-state index >= 15 is 0 Å². The van der Waals surface area contributed by atoms with Crippen LogP contribution >= 0.6 is 0 Å². The van der Waals surface area contributed by atoms with Crippen molar-refractivity contribution in [1.82, 2.24) is 10.3 Å².